The van der Waals surface area contributed by atoms with Gasteiger partial charge in [-0.2, -0.15) is 0 Å². The fourth-order valence-electron chi connectivity index (χ4n) is 1.20. The Morgan fingerprint density at radius 3 is 1.09 bits per heavy atom. The average molecular weight is 320 g/mol. The summed E-state index contributed by atoms with van der Waals surface area (Å²) >= 11 is 0. The minimum Gasteiger partial charge on any atom is -0.481 e. The summed E-state index contributed by atoms with van der Waals surface area (Å²) in [4.78, 5) is 64.9. The second-order valence-corrected chi connectivity index (χ2v) is 3.92. The smallest absolute Gasteiger partial charge is 0.326 e. The van der Waals surface area contributed by atoms with E-state index in [4.69, 9.17) is 20.4 Å². The molecule has 0 aliphatic heterocycles. The first-order valence-corrected chi connectivity index (χ1v) is 5.55. The Labute approximate surface area is 121 Å². The lowest BCUT2D eigenvalue weighted by Crippen LogP contribution is -2.52. The van der Waals surface area contributed by atoms with Gasteiger partial charge in [0.05, 0.1) is 12.8 Å². The lowest BCUT2D eigenvalue weighted by atomic mass is 10.2. The molecule has 122 valence electrons. The van der Waals surface area contributed by atoms with Gasteiger partial charge in [-0.3, -0.25) is 19.2 Å². The van der Waals surface area contributed by atoms with Crippen molar-refractivity contribution in [2.45, 2.75) is 24.9 Å². The molecule has 0 spiro atoms. The number of hydrogen-bond donors (Lipinski definition) is 6. The highest BCUT2D eigenvalue weighted by atomic mass is 16.4. The number of nitrogens with one attached hydrogen (secondary N) is 2. The van der Waals surface area contributed by atoms with Crippen molar-refractivity contribution in [1.29, 1.82) is 0 Å². The van der Waals surface area contributed by atoms with Crippen molar-refractivity contribution in [2.24, 2.45) is 0 Å². The van der Waals surface area contributed by atoms with E-state index in [0.29, 0.717) is 0 Å². The monoisotopic (exact) mass is 320 g/mol. The van der Waals surface area contributed by atoms with Crippen molar-refractivity contribution < 1.29 is 49.2 Å². The van der Waals surface area contributed by atoms with Crippen LogP contribution >= 0.6 is 0 Å². The van der Waals surface area contributed by atoms with Gasteiger partial charge < -0.3 is 31.1 Å². The van der Waals surface area contributed by atoms with Crippen molar-refractivity contribution in [2.75, 3.05) is 0 Å². The van der Waals surface area contributed by atoms with E-state index in [1.165, 1.54) is 0 Å². The number of carboxylic acids is 4. The third-order valence-electron chi connectivity index (χ3n) is 2.17. The summed E-state index contributed by atoms with van der Waals surface area (Å²) in [6.45, 7) is 0. The third kappa shape index (κ3) is 6.83. The van der Waals surface area contributed by atoms with E-state index in [9.17, 15) is 28.8 Å². The summed E-state index contributed by atoms with van der Waals surface area (Å²) < 4.78 is 0. The Hall–Kier alpha value is -3.18. The molecule has 0 aromatic heterocycles. The largest absolute Gasteiger partial charge is 0.481 e. The summed E-state index contributed by atoms with van der Waals surface area (Å²) in [6.07, 6.45) is -2.02. The number of carbonyl (C=O) groups excluding carboxylic acids is 2. The molecule has 0 aliphatic rings. The van der Waals surface area contributed by atoms with E-state index in [1.54, 1.807) is 10.6 Å². The Morgan fingerprint density at radius 2 is 0.909 bits per heavy atom. The van der Waals surface area contributed by atoms with Crippen molar-refractivity contribution in [1.82, 2.24) is 10.6 Å². The first kappa shape index (κ1) is 18.8. The normalized spacial score (nSPS) is 12.5. The quantitative estimate of drug-likeness (QED) is 0.251. The van der Waals surface area contributed by atoms with Crippen LogP contribution in [0.3, 0.4) is 0 Å². The number of rotatable bonds is 8. The van der Waals surface area contributed by atoms with E-state index in [2.05, 4.69) is 0 Å². The van der Waals surface area contributed by atoms with Gasteiger partial charge in [-0.1, -0.05) is 0 Å². The van der Waals surface area contributed by atoms with E-state index < -0.39 is 60.6 Å². The van der Waals surface area contributed by atoms with Crippen molar-refractivity contribution in [3.8, 4) is 0 Å². The first-order valence-electron chi connectivity index (χ1n) is 5.55. The summed E-state index contributed by atoms with van der Waals surface area (Å²) in [5, 5.41) is 37.4. The van der Waals surface area contributed by atoms with Gasteiger partial charge in [-0.15, -0.1) is 0 Å². The van der Waals surface area contributed by atoms with Gasteiger partial charge in [-0.25, -0.2) is 9.59 Å². The molecule has 6 N–H and O–H groups in total. The van der Waals surface area contributed by atoms with Crippen LogP contribution in [0, 0.1) is 0 Å². The van der Waals surface area contributed by atoms with Crippen LogP contribution in [-0.4, -0.2) is 68.2 Å². The maximum atomic E-state index is 11.4. The van der Waals surface area contributed by atoms with Gasteiger partial charge in [0.1, 0.15) is 12.1 Å². The van der Waals surface area contributed by atoms with Crippen molar-refractivity contribution in [3.05, 3.63) is 0 Å². The lowest BCUT2D eigenvalue weighted by molar-refractivity contribution is -0.150. The fourth-order valence-corrected chi connectivity index (χ4v) is 1.20. The van der Waals surface area contributed by atoms with E-state index in [1.807, 2.05) is 0 Å². The molecule has 0 saturated carbocycles. The van der Waals surface area contributed by atoms with E-state index >= 15 is 0 Å². The molecule has 0 radical (unpaired) electrons. The Kier molecular flexibility index (Phi) is 7.00. The molecule has 0 unspecified atom stereocenters. The summed E-state index contributed by atoms with van der Waals surface area (Å²) in [5.74, 6) is -9.76. The summed E-state index contributed by atoms with van der Waals surface area (Å²) in [5.41, 5.74) is 0. The molecule has 0 aliphatic carbocycles. The fraction of sp³-hybridized carbons (Fsp3) is 0.400. The van der Waals surface area contributed by atoms with Crippen LogP contribution in [0.15, 0.2) is 0 Å². The predicted molar refractivity (Wildman–Crippen MR) is 63.6 cm³/mol. The molecule has 12 heteroatoms. The Morgan fingerprint density at radius 1 is 0.636 bits per heavy atom. The van der Waals surface area contributed by atoms with Crippen LogP contribution in [0.4, 0.5) is 0 Å². The number of carbonyl (C=O) groups is 6. The maximum Gasteiger partial charge on any atom is 0.326 e. The van der Waals surface area contributed by atoms with Crippen LogP contribution in [0.5, 0.6) is 0 Å². The summed E-state index contributed by atoms with van der Waals surface area (Å²) in [6, 6.07) is -3.81. The van der Waals surface area contributed by atoms with Crippen LogP contribution in [0.25, 0.3) is 0 Å². The van der Waals surface area contributed by atoms with Gasteiger partial charge >= 0.3 is 35.7 Å². The van der Waals surface area contributed by atoms with Crippen LogP contribution in [0.1, 0.15) is 12.8 Å². The highest BCUT2D eigenvalue weighted by molar-refractivity contribution is 6.35. The van der Waals surface area contributed by atoms with Gasteiger partial charge in [0.15, 0.2) is 0 Å². The van der Waals surface area contributed by atoms with Crippen LogP contribution in [0.2, 0.25) is 0 Å². The topological polar surface area (TPSA) is 207 Å². The van der Waals surface area contributed by atoms with Crippen molar-refractivity contribution >= 4 is 35.7 Å². The Balaban J connectivity index is 4.79. The lowest BCUT2D eigenvalue weighted by Gasteiger charge is -2.14. The molecule has 2 amide bonds. The zero-order chi connectivity index (χ0) is 17.4. The Bertz CT molecular complexity index is 468. The second kappa shape index (κ2) is 8.18. The molecular formula is C10H12N2O10. The minimum absolute atomic E-state index is 1.01. The number of amides is 2. The molecule has 0 aromatic carbocycles. The third-order valence-corrected chi connectivity index (χ3v) is 2.17. The average Bonchev–Trinajstić information content (AvgIpc) is 2.35. The van der Waals surface area contributed by atoms with Crippen LogP contribution < -0.4 is 10.6 Å². The van der Waals surface area contributed by atoms with Gasteiger partial charge in [0, 0.05) is 0 Å². The predicted octanol–water partition coefficient (Wildman–Crippen LogP) is -2.93. The van der Waals surface area contributed by atoms with E-state index in [-0.39, 0.29) is 0 Å². The van der Waals surface area contributed by atoms with Gasteiger partial charge in [-0.05, 0) is 0 Å². The molecule has 0 heterocycles. The maximum absolute atomic E-state index is 11.4. The number of aliphatic carboxylic acids is 4. The first-order chi connectivity index (χ1) is 10.0. The standard InChI is InChI=1S/C10H12N2O10/c13-5(14)1-3(9(19)20)11-7(17)8(18)12-4(10(21)22)2-6(15)16/h3-4H,1-2H2,(H,11,17)(H,12,18)(H,13,14)(H,15,16)(H,19,20)(H,21,22)/t3-,4-/m0/s1. The van der Waals surface area contributed by atoms with Crippen molar-refractivity contribution in [3.63, 3.8) is 0 Å². The SMILES string of the molecule is O=C(O)C[C@H](NC(=O)C(=O)N[C@@H](CC(=O)O)C(=O)O)C(=O)O. The van der Waals surface area contributed by atoms with Gasteiger partial charge in [0.25, 0.3) is 0 Å². The molecule has 0 saturated heterocycles. The zero-order valence-corrected chi connectivity index (χ0v) is 10.8. The highest BCUT2D eigenvalue weighted by Crippen LogP contribution is 1.95. The molecule has 2 atom stereocenters. The van der Waals surface area contributed by atoms with Gasteiger partial charge in [0.2, 0.25) is 0 Å². The molecular weight excluding hydrogens is 308 g/mol. The molecule has 0 rings (SSSR count). The molecule has 0 fully saturated rings. The molecule has 0 aromatic rings. The number of hydrogen-bond acceptors (Lipinski definition) is 6. The number of carboxylic acid groups (broad SMARTS) is 4. The molecule has 22 heavy (non-hydrogen) atoms. The minimum atomic E-state index is -1.90. The second-order valence-electron chi connectivity index (χ2n) is 3.92. The van der Waals surface area contributed by atoms with Crippen LogP contribution in [-0.2, 0) is 28.8 Å². The molecule has 12 nitrogen and oxygen atoms in total. The molecule has 0 bridgehead atoms. The summed E-state index contributed by atoms with van der Waals surface area (Å²) in [7, 11) is 0. The zero-order valence-electron chi connectivity index (χ0n) is 10.8. The van der Waals surface area contributed by atoms with E-state index in [0.717, 1.165) is 0 Å². The highest BCUT2D eigenvalue weighted by Gasteiger charge is 2.29.